The number of aromatic amines is 1. The Morgan fingerprint density at radius 2 is 1.79 bits per heavy atom. The summed E-state index contributed by atoms with van der Waals surface area (Å²) in [6.45, 7) is 0.0980. The van der Waals surface area contributed by atoms with Gasteiger partial charge in [0.1, 0.15) is 12.4 Å². The third-order valence-corrected chi connectivity index (χ3v) is 4.21. The second kappa shape index (κ2) is 9.70. The third kappa shape index (κ3) is 5.79. The highest BCUT2D eigenvalue weighted by Crippen LogP contribution is 2.15. The predicted molar refractivity (Wildman–Crippen MR) is 107 cm³/mol. The van der Waals surface area contributed by atoms with Crippen molar-refractivity contribution in [3.05, 3.63) is 69.6 Å². The molecule has 1 aromatic heterocycles. The first-order valence-corrected chi connectivity index (χ1v) is 9.18. The number of carbonyl (C=O) groups is 2. The van der Waals surface area contributed by atoms with Crippen LogP contribution in [-0.2, 0) is 20.7 Å². The number of fused-ring (bicyclic) bond motifs is 1. The number of hydrogen-bond acceptors (Lipinski definition) is 6. The lowest BCUT2D eigenvalue weighted by atomic mass is 10.1. The van der Waals surface area contributed by atoms with Crippen LogP contribution in [0.3, 0.4) is 0 Å². The van der Waals surface area contributed by atoms with Crippen LogP contribution in [-0.4, -0.2) is 41.8 Å². The first kappa shape index (κ1) is 20.3. The zero-order valence-corrected chi connectivity index (χ0v) is 16.1. The standard InChI is InChI=1S/C20H18ClN3O5/c21-13-5-7-14(8-6-13)28-10-9-22-18(25)12-29-19(26)11-17-15-3-1-2-4-16(15)20(27)24-23-17/h1-8H,9-12H2,(H,22,25)(H,24,27). The Bertz CT molecular complexity index is 1070. The molecule has 0 aliphatic heterocycles. The second-order valence-electron chi connectivity index (χ2n) is 6.03. The first-order chi connectivity index (χ1) is 14.0. The average Bonchev–Trinajstić information content (AvgIpc) is 2.73. The van der Waals surface area contributed by atoms with Crippen molar-refractivity contribution in [3.63, 3.8) is 0 Å². The van der Waals surface area contributed by atoms with Gasteiger partial charge in [-0.2, -0.15) is 5.10 Å². The fraction of sp³-hybridized carbons (Fsp3) is 0.200. The van der Waals surface area contributed by atoms with E-state index in [1.54, 1.807) is 48.5 Å². The molecule has 2 aromatic carbocycles. The topological polar surface area (TPSA) is 110 Å². The number of amides is 1. The fourth-order valence-corrected chi connectivity index (χ4v) is 2.71. The molecule has 9 heteroatoms. The Morgan fingerprint density at radius 3 is 2.55 bits per heavy atom. The van der Waals surface area contributed by atoms with Gasteiger partial charge < -0.3 is 14.8 Å². The molecule has 2 N–H and O–H groups in total. The summed E-state index contributed by atoms with van der Waals surface area (Å²) in [7, 11) is 0. The number of benzene rings is 2. The van der Waals surface area contributed by atoms with Crippen molar-refractivity contribution in [3.8, 4) is 5.75 Å². The van der Waals surface area contributed by atoms with Crippen LogP contribution in [0.2, 0.25) is 5.02 Å². The number of nitrogens with one attached hydrogen (secondary N) is 2. The molecule has 29 heavy (non-hydrogen) atoms. The van der Waals surface area contributed by atoms with Crippen molar-refractivity contribution in [2.45, 2.75) is 6.42 Å². The van der Waals surface area contributed by atoms with Gasteiger partial charge >= 0.3 is 5.97 Å². The van der Waals surface area contributed by atoms with Gasteiger partial charge in [0, 0.05) is 10.4 Å². The largest absolute Gasteiger partial charge is 0.492 e. The van der Waals surface area contributed by atoms with Crippen LogP contribution in [0.1, 0.15) is 5.69 Å². The maximum Gasteiger partial charge on any atom is 0.312 e. The Labute approximate surface area is 170 Å². The summed E-state index contributed by atoms with van der Waals surface area (Å²) in [6.07, 6.45) is -0.162. The fourth-order valence-electron chi connectivity index (χ4n) is 2.58. The van der Waals surface area contributed by atoms with Gasteiger partial charge in [-0.3, -0.25) is 14.4 Å². The summed E-state index contributed by atoms with van der Waals surface area (Å²) < 4.78 is 10.4. The number of carbonyl (C=O) groups excluding carboxylic acids is 2. The zero-order chi connectivity index (χ0) is 20.6. The second-order valence-corrected chi connectivity index (χ2v) is 6.47. The van der Waals surface area contributed by atoms with Gasteiger partial charge in [-0.25, -0.2) is 5.10 Å². The summed E-state index contributed by atoms with van der Waals surface area (Å²) >= 11 is 5.79. The van der Waals surface area contributed by atoms with Crippen LogP contribution in [0.5, 0.6) is 5.75 Å². The van der Waals surface area contributed by atoms with Crippen LogP contribution >= 0.6 is 11.6 Å². The summed E-state index contributed by atoms with van der Waals surface area (Å²) in [4.78, 5) is 35.6. The van der Waals surface area contributed by atoms with Crippen molar-refractivity contribution in [1.82, 2.24) is 15.5 Å². The van der Waals surface area contributed by atoms with E-state index in [9.17, 15) is 14.4 Å². The van der Waals surface area contributed by atoms with Gasteiger partial charge in [-0.1, -0.05) is 29.8 Å². The summed E-state index contributed by atoms with van der Waals surface area (Å²) in [5, 5.41) is 10.5. The monoisotopic (exact) mass is 415 g/mol. The zero-order valence-electron chi connectivity index (χ0n) is 15.3. The first-order valence-electron chi connectivity index (χ1n) is 8.80. The van der Waals surface area contributed by atoms with Gasteiger partial charge in [-0.05, 0) is 30.3 Å². The van der Waals surface area contributed by atoms with E-state index in [2.05, 4.69) is 15.5 Å². The molecule has 0 spiro atoms. The maximum absolute atomic E-state index is 12.0. The minimum Gasteiger partial charge on any atom is -0.492 e. The van der Waals surface area contributed by atoms with Crippen molar-refractivity contribution in [1.29, 1.82) is 0 Å². The van der Waals surface area contributed by atoms with Gasteiger partial charge in [0.15, 0.2) is 6.61 Å². The Morgan fingerprint density at radius 1 is 1.07 bits per heavy atom. The van der Waals surface area contributed by atoms with Gasteiger partial charge in [0.2, 0.25) is 0 Å². The van der Waals surface area contributed by atoms with Crippen LogP contribution in [0.25, 0.3) is 10.8 Å². The van der Waals surface area contributed by atoms with E-state index in [1.165, 1.54) is 0 Å². The highest BCUT2D eigenvalue weighted by Gasteiger charge is 2.13. The predicted octanol–water partition coefficient (Wildman–Crippen LogP) is 1.86. The molecule has 0 aliphatic carbocycles. The van der Waals surface area contributed by atoms with Crippen LogP contribution < -0.4 is 15.6 Å². The number of esters is 1. The number of rotatable bonds is 8. The molecule has 1 amide bonds. The Kier molecular flexibility index (Phi) is 6.80. The number of aromatic nitrogens is 2. The summed E-state index contributed by atoms with van der Waals surface area (Å²) in [5.41, 5.74) is 0.0416. The Balaban J connectivity index is 1.41. The number of H-pyrrole nitrogens is 1. The van der Waals surface area contributed by atoms with E-state index in [0.717, 1.165) is 0 Å². The number of halogens is 1. The number of hydrogen-bond donors (Lipinski definition) is 2. The van der Waals surface area contributed by atoms with E-state index in [1.807, 2.05) is 0 Å². The molecule has 0 radical (unpaired) electrons. The van der Waals surface area contributed by atoms with Crippen LogP contribution in [0.15, 0.2) is 53.3 Å². The number of ether oxygens (including phenoxy) is 2. The SMILES string of the molecule is O=C(COC(=O)Cc1n[nH]c(=O)c2ccccc12)NCCOc1ccc(Cl)cc1. The van der Waals surface area contributed by atoms with E-state index in [4.69, 9.17) is 21.1 Å². The summed E-state index contributed by atoms with van der Waals surface area (Å²) in [5.74, 6) is -0.435. The van der Waals surface area contributed by atoms with E-state index in [-0.39, 0.29) is 25.1 Å². The lowest BCUT2D eigenvalue weighted by Gasteiger charge is -2.09. The molecular formula is C20H18ClN3O5. The molecule has 0 aliphatic rings. The summed E-state index contributed by atoms with van der Waals surface area (Å²) in [6, 6.07) is 13.7. The quantitative estimate of drug-likeness (QED) is 0.429. The highest BCUT2D eigenvalue weighted by molar-refractivity contribution is 6.30. The molecule has 3 aromatic rings. The van der Waals surface area contributed by atoms with E-state index < -0.39 is 18.5 Å². The van der Waals surface area contributed by atoms with Crippen molar-refractivity contribution < 1.29 is 19.1 Å². The molecule has 1 heterocycles. The van der Waals surface area contributed by atoms with Crippen LogP contribution in [0, 0.1) is 0 Å². The molecular weight excluding hydrogens is 398 g/mol. The molecule has 3 rings (SSSR count). The molecule has 0 saturated heterocycles. The van der Waals surface area contributed by atoms with Crippen molar-refractivity contribution in [2.75, 3.05) is 19.8 Å². The molecule has 150 valence electrons. The number of nitrogens with zero attached hydrogens (tertiary/aromatic N) is 1. The molecule has 0 atom stereocenters. The molecule has 0 bridgehead atoms. The molecule has 0 fully saturated rings. The van der Waals surface area contributed by atoms with Crippen molar-refractivity contribution in [2.24, 2.45) is 0 Å². The minimum absolute atomic E-state index is 0.162. The smallest absolute Gasteiger partial charge is 0.312 e. The Hall–Kier alpha value is -3.39. The van der Waals surface area contributed by atoms with Crippen LogP contribution in [0.4, 0.5) is 0 Å². The van der Waals surface area contributed by atoms with Gasteiger partial charge in [-0.15, -0.1) is 0 Å². The third-order valence-electron chi connectivity index (χ3n) is 3.96. The molecule has 0 unspecified atom stereocenters. The minimum atomic E-state index is -0.623. The maximum atomic E-state index is 12.0. The highest BCUT2D eigenvalue weighted by atomic mass is 35.5. The van der Waals surface area contributed by atoms with Gasteiger partial charge in [0.05, 0.1) is 24.0 Å². The lowest BCUT2D eigenvalue weighted by Crippen LogP contribution is -2.32. The lowest BCUT2D eigenvalue weighted by molar-refractivity contribution is -0.147. The normalized spacial score (nSPS) is 10.5. The van der Waals surface area contributed by atoms with E-state index >= 15 is 0 Å². The van der Waals surface area contributed by atoms with Gasteiger partial charge in [0.25, 0.3) is 11.5 Å². The molecule has 0 saturated carbocycles. The molecule has 8 nitrogen and oxygen atoms in total. The van der Waals surface area contributed by atoms with Crippen molar-refractivity contribution >= 4 is 34.2 Å². The average molecular weight is 416 g/mol. The van der Waals surface area contributed by atoms with E-state index in [0.29, 0.717) is 27.2 Å².